The van der Waals surface area contributed by atoms with E-state index < -0.39 is 0 Å². The summed E-state index contributed by atoms with van der Waals surface area (Å²) in [7, 11) is 0. The van der Waals surface area contributed by atoms with Crippen molar-refractivity contribution in [1.29, 1.82) is 0 Å². The van der Waals surface area contributed by atoms with Crippen LogP contribution in [0.5, 0.6) is 5.75 Å². The van der Waals surface area contributed by atoms with Gasteiger partial charge in [0.05, 0.1) is 5.52 Å². The third-order valence-electron chi connectivity index (χ3n) is 3.36. The summed E-state index contributed by atoms with van der Waals surface area (Å²) in [5, 5.41) is 14.4. The second-order valence-electron chi connectivity index (χ2n) is 4.38. The highest BCUT2D eigenvalue weighted by Crippen LogP contribution is 2.43. The van der Waals surface area contributed by atoms with Gasteiger partial charge in [0.1, 0.15) is 5.75 Å². The number of fused-ring (bicyclic) bond motifs is 3. The number of rotatable bonds is 1. The number of nitrogens with one attached hydrogen (secondary N) is 2. The quantitative estimate of drug-likeness (QED) is 0.724. The van der Waals surface area contributed by atoms with Crippen molar-refractivity contribution in [2.45, 2.75) is 12.8 Å². The van der Waals surface area contributed by atoms with Crippen LogP contribution in [-0.4, -0.2) is 16.6 Å². The summed E-state index contributed by atoms with van der Waals surface area (Å²) in [6.07, 6.45) is 3.90. The number of aryl methyl sites for hydroxylation is 1. The van der Waals surface area contributed by atoms with Gasteiger partial charge >= 0.3 is 0 Å². The molecule has 0 amide bonds. The molecule has 1 aliphatic heterocycles. The minimum Gasteiger partial charge on any atom is -0.506 e. The Bertz CT molecular complexity index is 615. The predicted octanol–water partition coefficient (Wildman–Crippen LogP) is 3.44. The number of phenols is 1. The lowest BCUT2D eigenvalue weighted by atomic mass is 9.95. The zero-order valence-electron chi connectivity index (χ0n) is 9.42. The summed E-state index contributed by atoms with van der Waals surface area (Å²) < 4.78 is 0. The molecular formula is C13H13ClN2O. The third kappa shape index (κ3) is 1.42. The Morgan fingerprint density at radius 1 is 1.53 bits per heavy atom. The molecule has 0 bridgehead atoms. The van der Waals surface area contributed by atoms with Gasteiger partial charge in [0.25, 0.3) is 0 Å². The topological polar surface area (TPSA) is 48.0 Å². The highest BCUT2D eigenvalue weighted by Gasteiger charge is 2.25. The van der Waals surface area contributed by atoms with Crippen molar-refractivity contribution >= 4 is 28.2 Å². The molecule has 2 aromatic rings. The molecule has 17 heavy (non-hydrogen) atoms. The van der Waals surface area contributed by atoms with E-state index in [1.165, 1.54) is 5.56 Å². The molecule has 1 atom stereocenters. The highest BCUT2D eigenvalue weighted by atomic mass is 35.5. The number of halogens is 1. The van der Waals surface area contributed by atoms with E-state index in [1.54, 1.807) is 11.6 Å². The lowest BCUT2D eigenvalue weighted by Crippen LogP contribution is -1.98. The summed E-state index contributed by atoms with van der Waals surface area (Å²) in [5.41, 5.74) is 5.72. The van der Waals surface area contributed by atoms with Gasteiger partial charge < -0.3 is 15.4 Å². The van der Waals surface area contributed by atoms with Crippen LogP contribution in [0.2, 0.25) is 0 Å². The van der Waals surface area contributed by atoms with E-state index in [-0.39, 0.29) is 11.7 Å². The first kappa shape index (κ1) is 10.5. The molecule has 0 saturated heterocycles. The van der Waals surface area contributed by atoms with Crippen molar-refractivity contribution in [3.63, 3.8) is 0 Å². The van der Waals surface area contributed by atoms with E-state index >= 15 is 0 Å². The monoisotopic (exact) mass is 248 g/mol. The maximum absolute atomic E-state index is 9.95. The van der Waals surface area contributed by atoms with Crippen LogP contribution in [0.1, 0.15) is 17.0 Å². The number of aromatic hydroxyl groups is 1. The Kier molecular flexibility index (Phi) is 2.30. The maximum atomic E-state index is 9.95. The average Bonchev–Trinajstić information content (AvgIpc) is 2.85. The Balaban J connectivity index is 2.36. The van der Waals surface area contributed by atoms with Gasteiger partial charge in [-0.3, -0.25) is 0 Å². The second kappa shape index (κ2) is 3.70. The number of hydrogen-bond donors (Lipinski definition) is 3. The summed E-state index contributed by atoms with van der Waals surface area (Å²) in [6, 6.07) is 1.77. The third-order valence-corrected chi connectivity index (χ3v) is 3.51. The van der Waals surface area contributed by atoms with Crippen molar-refractivity contribution in [3.8, 4) is 5.75 Å². The first-order valence-electron chi connectivity index (χ1n) is 5.56. The first-order valence-corrected chi connectivity index (χ1v) is 6.00. The van der Waals surface area contributed by atoms with Gasteiger partial charge in [-0.15, -0.1) is 0 Å². The van der Waals surface area contributed by atoms with Crippen LogP contribution >= 0.6 is 11.6 Å². The second-order valence-corrected chi connectivity index (χ2v) is 4.64. The van der Waals surface area contributed by atoms with Crippen LogP contribution < -0.4 is 5.32 Å². The van der Waals surface area contributed by atoms with Gasteiger partial charge in [0.2, 0.25) is 0 Å². The minimum absolute atomic E-state index is 0.264. The predicted molar refractivity (Wildman–Crippen MR) is 70.9 cm³/mol. The van der Waals surface area contributed by atoms with Crippen LogP contribution in [0.4, 0.5) is 5.69 Å². The zero-order valence-corrected chi connectivity index (χ0v) is 10.2. The number of aromatic amines is 1. The fourth-order valence-electron chi connectivity index (χ4n) is 2.60. The first-order chi connectivity index (χ1) is 8.22. The number of aromatic nitrogens is 1. The van der Waals surface area contributed by atoms with Crippen LogP contribution in [0.15, 0.2) is 23.9 Å². The molecule has 0 saturated carbocycles. The number of anilines is 1. The number of hydrogen-bond acceptors (Lipinski definition) is 2. The summed E-state index contributed by atoms with van der Waals surface area (Å²) in [4.78, 5) is 3.11. The Morgan fingerprint density at radius 3 is 3.12 bits per heavy atom. The molecule has 0 fully saturated rings. The van der Waals surface area contributed by atoms with Crippen LogP contribution in [-0.2, 0) is 0 Å². The molecule has 3 rings (SSSR count). The molecule has 88 valence electrons. The molecular weight excluding hydrogens is 236 g/mol. The molecule has 1 aromatic carbocycles. The van der Waals surface area contributed by atoms with E-state index in [9.17, 15) is 5.11 Å². The van der Waals surface area contributed by atoms with Crippen molar-refractivity contribution in [2.24, 2.45) is 0 Å². The van der Waals surface area contributed by atoms with Gasteiger partial charge in [0, 0.05) is 41.3 Å². The smallest absolute Gasteiger partial charge is 0.141 e. The van der Waals surface area contributed by atoms with Gasteiger partial charge in [-0.05, 0) is 18.1 Å². The summed E-state index contributed by atoms with van der Waals surface area (Å²) in [6.45, 7) is 2.86. The molecule has 4 heteroatoms. The highest BCUT2D eigenvalue weighted by molar-refractivity contribution is 6.25. The lowest BCUT2D eigenvalue weighted by Gasteiger charge is -2.08. The molecule has 1 aliphatic rings. The maximum Gasteiger partial charge on any atom is 0.141 e. The molecule has 0 aliphatic carbocycles. The zero-order chi connectivity index (χ0) is 12.0. The SMILES string of the molecule is Cc1c[nH]c2c(O)cc3c(c12)[C@H](/C=C/Cl)CN3. The van der Waals surface area contributed by atoms with Crippen molar-refractivity contribution in [3.05, 3.63) is 35.0 Å². The molecule has 1 aromatic heterocycles. The van der Waals surface area contributed by atoms with Gasteiger partial charge in [-0.1, -0.05) is 17.7 Å². The van der Waals surface area contributed by atoms with Crippen molar-refractivity contribution in [1.82, 2.24) is 4.98 Å². The van der Waals surface area contributed by atoms with Crippen molar-refractivity contribution < 1.29 is 5.11 Å². The van der Waals surface area contributed by atoms with E-state index in [0.29, 0.717) is 0 Å². The number of H-pyrrole nitrogens is 1. The molecule has 0 spiro atoms. The van der Waals surface area contributed by atoms with Crippen LogP contribution in [0.25, 0.3) is 10.9 Å². The standard InChI is InChI=1S/C13H13ClN2O/c1-7-5-16-13-10(17)4-9-12(11(7)13)8(2-3-14)6-15-9/h2-5,8,15-17H,6H2,1H3/b3-2+/t8-/m1/s1. The average molecular weight is 249 g/mol. The van der Waals surface area contributed by atoms with E-state index in [2.05, 4.69) is 10.3 Å². The number of phenolic OH excluding ortho intramolecular Hbond substituents is 1. The van der Waals surface area contributed by atoms with Gasteiger partial charge in [0.15, 0.2) is 0 Å². The Labute approximate surface area is 104 Å². The number of benzene rings is 1. The van der Waals surface area contributed by atoms with Crippen LogP contribution in [0, 0.1) is 6.92 Å². The molecule has 3 N–H and O–H groups in total. The normalized spacial score (nSPS) is 18.8. The van der Waals surface area contributed by atoms with E-state index in [1.807, 2.05) is 19.2 Å². The van der Waals surface area contributed by atoms with E-state index in [4.69, 9.17) is 11.6 Å². The van der Waals surface area contributed by atoms with Gasteiger partial charge in [-0.2, -0.15) is 0 Å². The van der Waals surface area contributed by atoms with E-state index in [0.717, 1.165) is 28.7 Å². The molecule has 0 radical (unpaired) electrons. The largest absolute Gasteiger partial charge is 0.506 e. The molecule has 2 heterocycles. The molecule has 0 unspecified atom stereocenters. The summed E-state index contributed by atoms with van der Waals surface area (Å²) >= 11 is 5.68. The fourth-order valence-corrected chi connectivity index (χ4v) is 2.77. The fraction of sp³-hybridized carbons (Fsp3) is 0.231. The lowest BCUT2D eigenvalue weighted by molar-refractivity contribution is 0.481. The van der Waals surface area contributed by atoms with Gasteiger partial charge in [-0.25, -0.2) is 0 Å². The summed E-state index contributed by atoms with van der Waals surface area (Å²) in [5.74, 6) is 0.551. The molecule has 3 nitrogen and oxygen atoms in total. The Hall–Kier alpha value is -1.61. The van der Waals surface area contributed by atoms with Crippen molar-refractivity contribution in [2.75, 3.05) is 11.9 Å². The Morgan fingerprint density at radius 2 is 2.35 bits per heavy atom. The minimum atomic E-state index is 0.264. The van der Waals surface area contributed by atoms with Crippen LogP contribution in [0.3, 0.4) is 0 Å².